The van der Waals surface area contributed by atoms with Gasteiger partial charge < -0.3 is 4.74 Å². The maximum Gasteiger partial charge on any atom is 0.319 e. The van der Waals surface area contributed by atoms with Gasteiger partial charge in [0.15, 0.2) is 0 Å². The molecule has 2 nitrogen and oxygen atoms in total. The molecule has 60 valence electrons. The van der Waals surface area contributed by atoms with Crippen molar-refractivity contribution < 1.29 is 9.53 Å². The highest BCUT2D eigenvalue weighted by atomic mass is 32.1. The number of rotatable bonds is 1. The van der Waals surface area contributed by atoms with Gasteiger partial charge in [0.2, 0.25) is 0 Å². The predicted molar refractivity (Wildman–Crippen MR) is 44.2 cm³/mol. The van der Waals surface area contributed by atoms with Crippen LogP contribution in [0.4, 0.5) is 0 Å². The second-order valence-corrected chi connectivity index (χ2v) is 3.81. The van der Waals surface area contributed by atoms with Crippen LogP contribution in [0.15, 0.2) is 0 Å². The van der Waals surface area contributed by atoms with Gasteiger partial charge in [-0.15, -0.1) is 0 Å². The predicted octanol–water partition coefficient (Wildman–Crippen LogP) is 1.50. The van der Waals surface area contributed by atoms with Crippen molar-refractivity contribution in [1.82, 2.24) is 0 Å². The van der Waals surface area contributed by atoms with Crippen molar-refractivity contribution in [3.8, 4) is 0 Å². The van der Waals surface area contributed by atoms with Gasteiger partial charge in [-0.25, -0.2) is 0 Å². The molecule has 0 aromatic rings. The molecule has 0 aliphatic carbocycles. The van der Waals surface area contributed by atoms with E-state index in [-0.39, 0.29) is 16.6 Å². The first-order valence-electron chi connectivity index (χ1n) is 3.15. The summed E-state index contributed by atoms with van der Waals surface area (Å²) in [6.45, 7) is 5.84. The smallest absolute Gasteiger partial charge is 0.319 e. The van der Waals surface area contributed by atoms with Gasteiger partial charge in [-0.2, -0.15) is 12.6 Å². The van der Waals surface area contributed by atoms with E-state index in [2.05, 4.69) is 17.4 Å². The first-order chi connectivity index (χ1) is 4.39. The van der Waals surface area contributed by atoms with Crippen molar-refractivity contribution in [2.75, 3.05) is 7.11 Å². The molecule has 1 unspecified atom stereocenters. The molecule has 0 radical (unpaired) electrons. The van der Waals surface area contributed by atoms with E-state index in [9.17, 15) is 4.79 Å². The highest BCUT2D eigenvalue weighted by Gasteiger charge is 2.28. The van der Waals surface area contributed by atoms with Gasteiger partial charge in [0, 0.05) is 0 Å². The summed E-state index contributed by atoms with van der Waals surface area (Å²) >= 11 is 4.11. The molecule has 0 spiro atoms. The van der Waals surface area contributed by atoms with Crippen LogP contribution in [-0.4, -0.2) is 18.3 Å². The lowest BCUT2D eigenvalue weighted by Gasteiger charge is -2.23. The van der Waals surface area contributed by atoms with Gasteiger partial charge in [0.05, 0.1) is 7.11 Å². The molecular formula is C7H14O2S. The number of carbonyl (C=O) groups excluding carboxylic acids is 1. The van der Waals surface area contributed by atoms with Crippen molar-refractivity contribution >= 4 is 18.6 Å². The zero-order chi connectivity index (χ0) is 8.36. The van der Waals surface area contributed by atoms with Crippen LogP contribution in [0.1, 0.15) is 20.8 Å². The second-order valence-electron chi connectivity index (χ2n) is 3.29. The number of esters is 1. The summed E-state index contributed by atoms with van der Waals surface area (Å²) in [5.74, 6) is -0.268. The molecule has 0 aromatic heterocycles. The number of hydrogen-bond acceptors (Lipinski definition) is 3. The summed E-state index contributed by atoms with van der Waals surface area (Å²) in [5, 5.41) is -0.336. The monoisotopic (exact) mass is 162 g/mol. The standard InChI is InChI=1S/C7H14O2S/c1-7(2,3)5(10)6(8)9-4/h5,10H,1-4H3. The van der Waals surface area contributed by atoms with Gasteiger partial charge in [-0.3, -0.25) is 4.79 Å². The maximum atomic E-state index is 10.9. The summed E-state index contributed by atoms with van der Waals surface area (Å²) in [6.07, 6.45) is 0. The fraction of sp³-hybridized carbons (Fsp3) is 0.857. The number of hydrogen-bond donors (Lipinski definition) is 1. The molecule has 0 fully saturated rings. The van der Waals surface area contributed by atoms with Crippen LogP contribution < -0.4 is 0 Å². The normalized spacial score (nSPS) is 14.5. The lowest BCUT2D eigenvalue weighted by molar-refractivity contribution is -0.141. The number of carbonyl (C=O) groups is 1. The lowest BCUT2D eigenvalue weighted by atomic mass is 9.92. The SMILES string of the molecule is COC(=O)C(S)C(C)(C)C. The number of thiol groups is 1. The quantitative estimate of drug-likeness (QED) is 0.467. The topological polar surface area (TPSA) is 26.3 Å². The van der Waals surface area contributed by atoms with Crippen molar-refractivity contribution in [3.05, 3.63) is 0 Å². The van der Waals surface area contributed by atoms with Gasteiger partial charge in [-0.05, 0) is 5.41 Å². The minimum Gasteiger partial charge on any atom is -0.468 e. The Morgan fingerprint density at radius 2 is 1.90 bits per heavy atom. The molecule has 10 heavy (non-hydrogen) atoms. The Labute approximate surface area is 67.4 Å². The van der Waals surface area contributed by atoms with Crippen LogP contribution in [0.25, 0.3) is 0 Å². The van der Waals surface area contributed by atoms with Crippen LogP contribution in [0.3, 0.4) is 0 Å². The van der Waals surface area contributed by atoms with Crippen molar-refractivity contribution in [2.45, 2.75) is 26.0 Å². The summed E-state index contributed by atoms with van der Waals surface area (Å²) in [6, 6.07) is 0. The Hall–Kier alpha value is -0.180. The van der Waals surface area contributed by atoms with E-state index in [1.807, 2.05) is 20.8 Å². The van der Waals surface area contributed by atoms with E-state index in [0.717, 1.165) is 0 Å². The fourth-order valence-electron chi connectivity index (χ4n) is 0.465. The van der Waals surface area contributed by atoms with Gasteiger partial charge in [0.25, 0.3) is 0 Å². The second kappa shape index (κ2) is 3.28. The molecule has 0 aliphatic rings. The minimum absolute atomic E-state index is 0.129. The highest BCUT2D eigenvalue weighted by molar-refractivity contribution is 7.81. The fourth-order valence-corrected chi connectivity index (χ4v) is 0.571. The van der Waals surface area contributed by atoms with Crippen LogP contribution in [-0.2, 0) is 9.53 Å². The third-order valence-corrected chi connectivity index (χ3v) is 2.23. The average molecular weight is 162 g/mol. The Balaban J connectivity index is 4.08. The first kappa shape index (κ1) is 9.82. The van der Waals surface area contributed by atoms with Gasteiger partial charge in [-0.1, -0.05) is 20.8 Å². The van der Waals surface area contributed by atoms with Crippen LogP contribution >= 0.6 is 12.6 Å². The molecule has 0 N–H and O–H groups in total. The van der Waals surface area contributed by atoms with E-state index in [1.54, 1.807) is 0 Å². The Bertz CT molecular complexity index is 126. The van der Waals surface area contributed by atoms with E-state index >= 15 is 0 Å². The van der Waals surface area contributed by atoms with E-state index in [4.69, 9.17) is 0 Å². The van der Waals surface area contributed by atoms with Crippen molar-refractivity contribution in [1.29, 1.82) is 0 Å². The van der Waals surface area contributed by atoms with Crippen LogP contribution in [0.5, 0.6) is 0 Å². The van der Waals surface area contributed by atoms with Gasteiger partial charge >= 0.3 is 5.97 Å². The molecule has 0 saturated carbocycles. The molecule has 0 bridgehead atoms. The van der Waals surface area contributed by atoms with E-state index in [0.29, 0.717) is 0 Å². The van der Waals surface area contributed by atoms with Gasteiger partial charge in [0.1, 0.15) is 5.25 Å². The molecule has 3 heteroatoms. The molecule has 0 aromatic carbocycles. The largest absolute Gasteiger partial charge is 0.468 e. The zero-order valence-electron chi connectivity index (χ0n) is 6.84. The minimum atomic E-state index is -0.336. The number of methoxy groups -OCH3 is 1. The number of ether oxygens (including phenoxy) is 1. The summed E-state index contributed by atoms with van der Waals surface area (Å²) in [4.78, 5) is 10.9. The Morgan fingerprint density at radius 1 is 1.50 bits per heavy atom. The third kappa shape index (κ3) is 2.60. The molecule has 0 amide bonds. The van der Waals surface area contributed by atoms with Crippen LogP contribution in [0, 0.1) is 5.41 Å². The summed E-state index contributed by atoms with van der Waals surface area (Å²) < 4.78 is 4.52. The molecule has 0 saturated heterocycles. The van der Waals surface area contributed by atoms with Crippen molar-refractivity contribution in [3.63, 3.8) is 0 Å². The summed E-state index contributed by atoms with van der Waals surface area (Å²) in [7, 11) is 1.37. The molecule has 0 aliphatic heterocycles. The van der Waals surface area contributed by atoms with E-state index < -0.39 is 0 Å². The average Bonchev–Trinajstić information content (AvgIpc) is 1.83. The lowest BCUT2D eigenvalue weighted by Crippen LogP contribution is -2.30. The molecule has 1 atom stereocenters. The third-order valence-electron chi connectivity index (χ3n) is 1.24. The Morgan fingerprint density at radius 3 is 2.00 bits per heavy atom. The zero-order valence-corrected chi connectivity index (χ0v) is 7.74. The Kier molecular flexibility index (Phi) is 3.22. The van der Waals surface area contributed by atoms with E-state index in [1.165, 1.54) is 7.11 Å². The summed E-state index contributed by atoms with van der Waals surface area (Å²) in [5.41, 5.74) is -0.129. The van der Waals surface area contributed by atoms with Crippen LogP contribution in [0.2, 0.25) is 0 Å². The first-order valence-corrected chi connectivity index (χ1v) is 3.67. The molecular weight excluding hydrogens is 148 g/mol. The highest BCUT2D eigenvalue weighted by Crippen LogP contribution is 2.24. The van der Waals surface area contributed by atoms with Crippen molar-refractivity contribution in [2.24, 2.45) is 5.41 Å². The maximum absolute atomic E-state index is 10.9. The molecule has 0 heterocycles. The molecule has 0 rings (SSSR count).